The Morgan fingerprint density at radius 1 is 0.923 bits per heavy atom. The van der Waals surface area contributed by atoms with Crippen molar-refractivity contribution in [3.63, 3.8) is 0 Å². The van der Waals surface area contributed by atoms with Crippen LogP contribution in [0.5, 0.6) is 11.5 Å². The molecule has 0 fully saturated rings. The maximum atomic E-state index is 12.1. The lowest BCUT2D eigenvalue weighted by Gasteiger charge is -2.11. The van der Waals surface area contributed by atoms with E-state index in [-0.39, 0.29) is 18.4 Å². The van der Waals surface area contributed by atoms with Crippen LogP contribution in [0.15, 0.2) is 42.5 Å². The van der Waals surface area contributed by atoms with Crippen molar-refractivity contribution in [2.75, 3.05) is 38.0 Å². The Morgan fingerprint density at radius 3 is 2.19 bits per heavy atom. The molecule has 1 amide bonds. The number of hydrogen-bond acceptors (Lipinski definition) is 6. The summed E-state index contributed by atoms with van der Waals surface area (Å²) in [7, 11) is 3.11. The van der Waals surface area contributed by atoms with Crippen molar-refractivity contribution in [3.05, 3.63) is 48.0 Å². The van der Waals surface area contributed by atoms with E-state index in [0.29, 0.717) is 29.4 Å². The van der Waals surface area contributed by atoms with Crippen LogP contribution in [0.25, 0.3) is 0 Å². The molecule has 2 N–H and O–H groups in total. The highest BCUT2D eigenvalue weighted by atomic mass is 16.5. The third-order valence-corrected chi connectivity index (χ3v) is 3.52. The molecule has 0 aliphatic heterocycles. The lowest BCUT2D eigenvalue weighted by molar-refractivity contribution is -0.114. The summed E-state index contributed by atoms with van der Waals surface area (Å²) in [6, 6.07) is 11.8. The number of anilines is 2. The monoisotopic (exact) mass is 358 g/mol. The lowest BCUT2D eigenvalue weighted by atomic mass is 10.2. The zero-order valence-electron chi connectivity index (χ0n) is 15.0. The van der Waals surface area contributed by atoms with Gasteiger partial charge in [0.25, 0.3) is 0 Å². The molecule has 0 aromatic heterocycles. The van der Waals surface area contributed by atoms with Gasteiger partial charge in [0.05, 0.1) is 32.9 Å². The average Bonchev–Trinajstić information content (AvgIpc) is 2.66. The molecule has 0 aliphatic rings. The van der Waals surface area contributed by atoms with Gasteiger partial charge in [0, 0.05) is 17.4 Å². The van der Waals surface area contributed by atoms with E-state index in [9.17, 15) is 9.59 Å². The first-order valence-corrected chi connectivity index (χ1v) is 8.10. The third kappa shape index (κ3) is 5.14. The molecule has 0 saturated carbocycles. The molecule has 0 radical (unpaired) electrons. The molecule has 0 bridgehead atoms. The fraction of sp³-hybridized carbons (Fsp3) is 0.263. The van der Waals surface area contributed by atoms with Gasteiger partial charge in [-0.15, -0.1) is 0 Å². The number of nitrogens with one attached hydrogen (secondary N) is 2. The van der Waals surface area contributed by atoms with Gasteiger partial charge in [-0.25, -0.2) is 4.79 Å². The number of carbonyl (C=O) groups is 2. The highest BCUT2D eigenvalue weighted by molar-refractivity contribution is 5.95. The first-order chi connectivity index (χ1) is 12.6. The van der Waals surface area contributed by atoms with E-state index in [1.54, 1.807) is 63.6 Å². The Morgan fingerprint density at radius 2 is 1.58 bits per heavy atom. The second-order valence-corrected chi connectivity index (χ2v) is 5.27. The number of esters is 1. The number of hydrogen-bond donors (Lipinski definition) is 2. The quantitative estimate of drug-likeness (QED) is 0.706. The van der Waals surface area contributed by atoms with E-state index in [0.717, 1.165) is 5.69 Å². The van der Waals surface area contributed by atoms with Crippen LogP contribution < -0.4 is 20.1 Å². The molecular formula is C19H22N2O5. The summed E-state index contributed by atoms with van der Waals surface area (Å²) in [5.41, 5.74) is 1.76. The molecule has 0 spiro atoms. The van der Waals surface area contributed by atoms with E-state index >= 15 is 0 Å². The lowest BCUT2D eigenvalue weighted by Crippen LogP contribution is -2.21. The normalized spacial score (nSPS) is 9.96. The molecule has 7 heteroatoms. The van der Waals surface area contributed by atoms with Gasteiger partial charge < -0.3 is 24.8 Å². The fourth-order valence-electron chi connectivity index (χ4n) is 2.24. The topological polar surface area (TPSA) is 85.9 Å². The van der Waals surface area contributed by atoms with E-state index in [2.05, 4.69) is 10.6 Å². The zero-order valence-corrected chi connectivity index (χ0v) is 15.0. The second-order valence-electron chi connectivity index (χ2n) is 5.27. The summed E-state index contributed by atoms with van der Waals surface area (Å²) in [5.74, 6) is 0.584. The van der Waals surface area contributed by atoms with E-state index < -0.39 is 0 Å². The third-order valence-electron chi connectivity index (χ3n) is 3.52. The largest absolute Gasteiger partial charge is 0.493 e. The SMILES string of the molecule is CCOC(=O)c1ccc(NC(=O)CNc2ccc(OC)c(OC)c2)cc1. The van der Waals surface area contributed by atoms with Gasteiger partial charge in [-0.1, -0.05) is 0 Å². The summed E-state index contributed by atoms with van der Waals surface area (Å²) < 4.78 is 15.3. The molecule has 0 unspecified atom stereocenters. The van der Waals surface area contributed by atoms with Gasteiger partial charge in [-0.3, -0.25) is 4.79 Å². The molecule has 0 heterocycles. The smallest absolute Gasteiger partial charge is 0.338 e. The van der Waals surface area contributed by atoms with Crippen LogP contribution in [-0.2, 0) is 9.53 Å². The van der Waals surface area contributed by atoms with Crippen LogP contribution in [0.2, 0.25) is 0 Å². The van der Waals surface area contributed by atoms with Crippen molar-refractivity contribution in [2.24, 2.45) is 0 Å². The average molecular weight is 358 g/mol. The molecule has 2 aromatic carbocycles. The van der Waals surface area contributed by atoms with E-state index in [4.69, 9.17) is 14.2 Å². The van der Waals surface area contributed by atoms with Crippen LogP contribution in [0.4, 0.5) is 11.4 Å². The van der Waals surface area contributed by atoms with Crippen LogP contribution in [0, 0.1) is 0 Å². The number of benzene rings is 2. The first kappa shape index (κ1) is 19.1. The summed E-state index contributed by atoms with van der Waals surface area (Å²) in [6.45, 7) is 2.14. The molecule has 7 nitrogen and oxygen atoms in total. The van der Waals surface area contributed by atoms with Crippen LogP contribution in [-0.4, -0.2) is 39.2 Å². The van der Waals surface area contributed by atoms with Crippen molar-refractivity contribution in [1.82, 2.24) is 0 Å². The molecule has 0 atom stereocenters. The van der Waals surface area contributed by atoms with Gasteiger partial charge in [-0.2, -0.15) is 0 Å². The van der Waals surface area contributed by atoms with Crippen molar-refractivity contribution in [2.45, 2.75) is 6.92 Å². The molecular weight excluding hydrogens is 336 g/mol. The summed E-state index contributed by atoms with van der Waals surface area (Å²) in [5, 5.41) is 5.77. The minimum Gasteiger partial charge on any atom is -0.493 e. The fourth-order valence-corrected chi connectivity index (χ4v) is 2.24. The predicted octanol–water partition coefficient (Wildman–Crippen LogP) is 2.93. The minimum atomic E-state index is -0.388. The van der Waals surface area contributed by atoms with Crippen molar-refractivity contribution in [3.8, 4) is 11.5 Å². The van der Waals surface area contributed by atoms with Crippen molar-refractivity contribution in [1.29, 1.82) is 0 Å². The number of rotatable bonds is 8. The number of ether oxygens (including phenoxy) is 3. The van der Waals surface area contributed by atoms with Crippen LogP contribution in [0.3, 0.4) is 0 Å². The maximum Gasteiger partial charge on any atom is 0.338 e. The standard InChI is InChI=1S/C19H22N2O5/c1-4-26-19(23)13-5-7-14(8-6-13)21-18(22)12-20-15-9-10-16(24-2)17(11-15)25-3/h5-11,20H,4,12H2,1-3H3,(H,21,22). The van der Waals surface area contributed by atoms with Crippen molar-refractivity contribution < 1.29 is 23.8 Å². The summed E-state index contributed by atoms with van der Waals surface area (Å²) in [4.78, 5) is 23.7. The highest BCUT2D eigenvalue weighted by Gasteiger charge is 2.08. The summed E-state index contributed by atoms with van der Waals surface area (Å²) in [6.07, 6.45) is 0. The van der Waals surface area contributed by atoms with Gasteiger partial charge in [0.2, 0.25) is 5.91 Å². The van der Waals surface area contributed by atoms with Crippen molar-refractivity contribution >= 4 is 23.3 Å². The Hall–Kier alpha value is -3.22. The predicted molar refractivity (Wildman–Crippen MR) is 99.1 cm³/mol. The molecule has 138 valence electrons. The molecule has 0 aliphatic carbocycles. The van der Waals surface area contributed by atoms with Gasteiger partial charge in [0.1, 0.15) is 0 Å². The van der Waals surface area contributed by atoms with E-state index in [1.165, 1.54) is 0 Å². The Bertz CT molecular complexity index is 759. The Kier molecular flexibility index (Phi) is 6.84. The molecule has 26 heavy (non-hydrogen) atoms. The van der Waals surface area contributed by atoms with Crippen LogP contribution >= 0.6 is 0 Å². The second kappa shape index (κ2) is 9.31. The van der Waals surface area contributed by atoms with Gasteiger partial charge >= 0.3 is 5.97 Å². The maximum absolute atomic E-state index is 12.1. The highest BCUT2D eigenvalue weighted by Crippen LogP contribution is 2.29. The van der Waals surface area contributed by atoms with Gasteiger partial charge in [0.15, 0.2) is 11.5 Å². The summed E-state index contributed by atoms with van der Waals surface area (Å²) >= 11 is 0. The van der Waals surface area contributed by atoms with Gasteiger partial charge in [-0.05, 0) is 43.3 Å². The van der Waals surface area contributed by atoms with Crippen LogP contribution in [0.1, 0.15) is 17.3 Å². The number of amides is 1. The first-order valence-electron chi connectivity index (χ1n) is 8.10. The van der Waals surface area contributed by atoms with E-state index in [1.807, 2.05) is 0 Å². The Labute approximate surface area is 152 Å². The molecule has 0 saturated heterocycles. The Balaban J connectivity index is 1.90. The molecule has 2 aromatic rings. The minimum absolute atomic E-state index is 0.0785. The zero-order chi connectivity index (χ0) is 18.9. The number of carbonyl (C=O) groups excluding carboxylic acids is 2. The molecule has 2 rings (SSSR count). The number of methoxy groups -OCH3 is 2.